The monoisotopic (exact) mass is 327 g/mol. The summed E-state index contributed by atoms with van der Waals surface area (Å²) in [5.41, 5.74) is -0.687. The van der Waals surface area contributed by atoms with Gasteiger partial charge in [0.25, 0.3) is 5.91 Å². The SMILES string of the molecule is CC(CC(O)c1ccco1)NC(=O)c1ccc(C(F)(F)F)cc1. The van der Waals surface area contributed by atoms with Gasteiger partial charge < -0.3 is 14.8 Å². The van der Waals surface area contributed by atoms with Crippen molar-refractivity contribution in [3.05, 3.63) is 59.5 Å². The number of carbonyl (C=O) groups is 1. The van der Waals surface area contributed by atoms with Crippen LogP contribution in [-0.4, -0.2) is 17.1 Å². The number of hydrogen-bond donors (Lipinski definition) is 2. The van der Waals surface area contributed by atoms with Crippen LogP contribution in [0, 0.1) is 0 Å². The second-order valence-corrected chi connectivity index (χ2v) is 5.22. The van der Waals surface area contributed by atoms with Crippen LogP contribution in [0.25, 0.3) is 0 Å². The molecule has 0 aliphatic carbocycles. The molecule has 0 radical (unpaired) electrons. The Morgan fingerprint density at radius 1 is 1.26 bits per heavy atom. The lowest BCUT2D eigenvalue weighted by Gasteiger charge is -2.17. The number of benzene rings is 1. The van der Waals surface area contributed by atoms with Crippen LogP contribution in [0.5, 0.6) is 0 Å². The van der Waals surface area contributed by atoms with Crippen molar-refractivity contribution in [3.8, 4) is 0 Å². The van der Waals surface area contributed by atoms with Gasteiger partial charge in [0.2, 0.25) is 0 Å². The number of carbonyl (C=O) groups excluding carboxylic acids is 1. The van der Waals surface area contributed by atoms with Crippen LogP contribution < -0.4 is 5.32 Å². The van der Waals surface area contributed by atoms with Gasteiger partial charge in [-0.2, -0.15) is 13.2 Å². The molecule has 7 heteroatoms. The number of nitrogens with one attached hydrogen (secondary N) is 1. The average Bonchev–Trinajstić information content (AvgIpc) is 3.00. The Labute approximate surface area is 130 Å². The van der Waals surface area contributed by atoms with E-state index in [1.54, 1.807) is 19.1 Å². The summed E-state index contributed by atoms with van der Waals surface area (Å²) in [6.45, 7) is 1.69. The Hall–Kier alpha value is -2.28. The van der Waals surface area contributed by atoms with Gasteiger partial charge in [-0.05, 0) is 43.3 Å². The van der Waals surface area contributed by atoms with Gasteiger partial charge >= 0.3 is 6.18 Å². The normalized spacial score (nSPS) is 14.3. The van der Waals surface area contributed by atoms with Gasteiger partial charge in [-0.3, -0.25) is 4.79 Å². The van der Waals surface area contributed by atoms with E-state index in [0.717, 1.165) is 24.3 Å². The van der Waals surface area contributed by atoms with Crippen LogP contribution in [0.15, 0.2) is 47.1 Å². The highest BCUT2D eigenvalue weighted by Crippen LogP contribution is 2.29. The summed E-state index contributed by atoms with van der Waals surface area (Å²) in [5, 5.41) is 12.5. The predicted molar refractivity (Wildman–Crippen MR) is 76.7 cm³/mol. The minimum Gasteiger partial charge on any atom is -0.467 e. The lowest BCUT2D eigenvalue weighted by molar-refractivity contribution is -0.137. The Balaban J connectivity index is 1.93. The number of alkyl halides is 3. The molecule has 0 fully saturated rings. The van der Waals surface area contributed by atoms with Crippen LogP contribution in [0.4, 0.5) is 13.2 Å². The average molecular weight is 327 g/mol. The molecule has 2 atom stereocenters. The molecule has 2 unspecified atom stereocenters. The highest BCUT2D eigenvalue weighted by atomic mass is 19.4. The second-order valence-electron chi connectivity index (χ2n) is 5.22. The van der Waals surface area contributed by atoms with Crippen molar-refractivity contribution in [2.24, 2.45) is 0 Å². The zero-order valence-corrected chi connectivity index (χ0v) is 12.3. The first kappa shape index (κ1) is 17.1. The van der Waals surface area contributed by atoms with E-state index in [4.69, 9.17) is 4.42 Å². The molecule has 0 bridgehead atoms. The van der Waals surface area contributed by atoms with Crippen molar-refractivity contribution in [1.82, 2.24) is 5.32 Å². The highest BCUT2D eigenvalue weighted by Gasteiger charge is 2.30. The van der Waals surface area contributed by atoms with Crippen LogP contribution in [0.3, 0.4) is 0 Å². The van der Waals surface area contributed by atoms with E-state index in [2.05, 4.69) is 5.32 Å². The summed E-state index contributed by atoms with van der Waals surface area (Å²) >= 11 is 0. The smallest absolute Gasteiger partial charge is 0.416 e. The number of halogens is 3. The summed E-state index contributed by atoms with van der Waals surface area (Å²) in [6, 6.07) is 6.83. The van der Waals surface area contributed by atoms with Crippen molar-refractivity contribution in [2.75, 3.05) is 0 Å². The largest absolute Gasteiger partial charge is 0.467 e. The van der Waals surface area contributed by atoms with Gasteiger partial charge in [0.15, 0.2) is 0 Å². The van der Waals surface area contributed by atoms with Gasteiger partial charge in [-0.25, -0.2) is 0 Å². The number of aliphatic hydroxyl groups excluding tert-OH is 1. The second kappa shape index (κ2) is 6.87. The Morgan fingerprint density at radius 3 is 2.43 bits per heavy atom. The first-order chi connectivity index (χ1) is 10.8. The fourth-order valence-electron chi connectivity index (χ4n) is 2.11. The molecule has 23 heavy (non-hydrogen) atoms. The Kier molecular flexibility index (Phi) is 5.10. The van der Waals surface area contributed by atoms with Crippen LogP contribution in [0.2, 0.25) is 0 Å². The van der Waals surface area contributed by atoms with Gasteiger partial charge in [0, 0.05) is 18.0 Å². The highest BCUT2D eigenvalue weighted by molar-refractivity contribution is 5.94. The summed E-state index contributed by atoms with van der Waals surface area (Å²) in [5.74, 6) is -0.113. The van der Waals surface area contributed by atoms with E-state index in [1.807, 2.05) is 0 Å². The fraction of sp³-hybridized carbons (Fsp3) is 0.312. The molecule has 1 amide bonds. The van der Waals surface area contributed by atoms with Crippen molar-refractivity contribution < 1.29 is 27.5 Å². The van der Waals surface area contributed by atoms with E-state index in [-0.39, 0.29) is 18.0 Å². The first-order valence-electron chi connectivity index (χ1n) is 6.97. The topological polar surface area (TPSA) is 62.5 Å². The summed E-state index contributed by atoms with van der Waals surface area (Å²) in [7, 11) is 0. The first-order valence-corrected chi connectivity index (χ1v) is 6.97. The maximum Gasteiger partial charge on any atom is 0.416 e. The van der Waals surface area contributed by atoms with Crippen molar-refractivity contribution in [3.63, 3.8) is 0 Å². The standard InChI is InChI=1S/C16H16F3NO3/c1-10(9-13(21)14-3-2-8-23-14)20-15(22)11-4-6-12(7-5-11)16(17,18)19/h2-8,10,13,21H,9H2,1H3,(H,20,22). The molecule has 1 aromatic carbocycles. The number of aliphatic hydroxyl groups is 1. The molecular weight excluding hydrogens is 311 g/mol. The molecule has 1 aromatic heterocycles. The minimum absolute atomic E-state index is 0.123. The molecule has 2 N–H and O–H groups in total. The van der Waals surface area contributed by atoms with E-state index in [0.29, 0.717) is 5.76 Å². The molecule has 0 saturated carbocycles. The molecular formula is C16H16F3NO3. The number of amides is 1. The van der Waals surface area contributed by atoms with E-state index < -0.39 is 23.8 Å². The number of furan rings is 1. The molecule has 2 rings (SSSR count). The molecule has 4 nitrogen and oxygen atoms in total. The molecule has 2 aromatic rings. The third-order valence-corrected chi connectivity index (χ3v) is 3.30. The van der Waals surface area contributed by atoms with Crippen LogP contribution in [-0.2, 0) is 6.18 Å². The Morgan fingerprint density at radius 2 is 1.91 bits per heavy atom. The third-order valence-electron chi connectivity index (χ3n) is 3.30. The zero-order valence-electron chi connectivity index (χ0n) is 12.3. The van der Waals surface area contributed by atoms with Crippen molar-refractivity contribution >= 4 is 5.91 Å². The van der Waals surface area contributed by atoms with Crippen molar-refractivity contribution in [2.45, 2.75) is 31.7 Å². The Bertz CT molecular complexity index is 636. The maximum atomic E-state index is 12.5. The predicted octanol–water partition coefficient (Wildman–Crippen LogP) is 3.54. The fourth-order valence-corrected chi connectivity index (χ4v) is 2.11. The zero-order chi connectivity index (χ0) is 17.0. The minimum atomic E-state index is -4.44. The van der Waals surface area contributed by atoms with E-state index in [9.17, 15) is 23.1 Å². The van der Waals surface area contributed by atoms with Crippen molar-refractivity contribution in [1.29, 1.82) is 0 Å². The lowest BCUT2D eigenvalue weighted by Crippen LogP contribution is -2.33. The molecule has 0 spiro atoms. The van der Waals surface area contributed by atoms with Gasteiger partial charge in [0.05, 0.1) is 11.8 Å². The third kappa shape index (κ3) is 4.59. The molecule has 0 saturated heterocycles. The van der Waals surface area contributed by atoms with E-state index in [1.165, 1.54) is 6.26 Å². The number of rotatable bonds is 5. The van der Waals surface area contributed by atoms with Crippen LogP contribution in [0.1, 0.15) is 41.1 Å². The maximum absolute atomic E-state index is 12.5. The quantitative estimate of drug-likeness (QED) is 0.883. The van der Waals surface area contributed by atoms with Crippen LogP contribution >= 0.6 is 0 Å². The summed E-state index contributed by atoms with van der Waals surface area (Å²) in [4.78, 5) is 12.0. The summed E-state index contributed by atoms with van der Waals surface area (Å²) in [6.07, 6.45) is -3.65. The molecule has 0 aliphatic rings. The summed E-state index contributed by atoms with van der Waals surface area (Å²) < 4.78 is 42.5. The van der Waals surface area contributed by atoms with Gasteiger partial charge in [-0.15, -0.1) is 0 Å². The molecule has 0 aliphatic heterocycles. The van der Waals surface area contributed by atoms with Gasteiger partial charge in [-0.1, -0.05) is 0 Å². The molecule has 124 valence electrons. The lowest BCUT2D eigenvalue weighted by atomic mass is 10.1. The van der Waals surface area contributed by atoms with Gasteiger partial charge in [0.1, 0.15) is 11.9 Å². The number of hydrogen-bond acceptors (Lipinski definition) is 3. The molecule has 1 heterocycles. The van der Waals surface area contributed by atoms with E-state index >= 15 is 0 Å².